The molecule has 1 heterocycles. The van der Waals surface area contributed by atoms with Crippen molar-refractivity contribution >= 4 is 23.3 Å². The van der Waals surface area contributed by atoms with Crippen LogP contribution in [0.2, 0.25) is 5.02 Å². The topological polar surface area (TPSA) is 67.0 Å². The Kier molecular flexibility index (Phi) is 5.22. The van der Waals surface area contributed by atoms with Crippen molar-refractivity contribution in [2.45, 2.75) is 26.7 Å². The van der Waals surface area contributed by atoms with Crippen molar-refractivity contribution in [3.8, 4) is 5.75 Å². The van der Waals surface area contributed by atoms with Crippen LogP contribution < -0.4 is 10.1 Å². The molecule has 6 heteroatoms. The van der Waals surface area contributed by atoms with E-state index in [2.05, 4.69) is 22.4 Å². The number of anilines is 1. The van der Waals surface area contributed by atoms with Crippen molar-refractivity contribution < 1.29 is 9.53 Å². The van der Waals surface area contributed by atoms with Gasteiger partial charge in [-0.2, -0.15) is 5.10 Å². The quantitative estimate of drug-likeness (QED) is 0.860. The number of rotatable bonds is 6. The van der Waals surface area contributed by atoms with E-state index in [1.165, 1.54) is 0 Å². The summed E-state index contributed by atoms with van der Waals surface area (Å²) in [5.74, 6) is 0.872. The Bertz CT molecular complexity index is 625. The molecule has 0 fully saturated rings. The largest absolute Gasteiger partial charge is 0.484 e. The standard InChI is InChI=1S/C15H18ClN3O2/c1-3-4-11-8-14(19-18-11)17-15(20)9-21-12-5-6-13(16)10(2)7-12/h5-8H,3-4,9H2,1-2H3,(H2,17,18,19,20). The van der Waals surface area contributed by atoms with Crippen LogP contribution in [0.15, 0.2) is 24.3 Å². The summed E-state index contributed by atoms with van der Waals surface area (Å²) in [7, 11) is 0. The van der Waals surface area contributed by atoms with Crippen molar-refractivity contribution in [3.05, 3.63) is 40.5 Å². The third kappa shape index (κ3) is 4.49. The zero-order valence-electron chi connectivity index (χ0n) is 12.1. The van der Waals surface area contributed by atoms with E-state index in [1.54, 1.807) is 18.2 Å². The highest BCUT2D eigenvalue weighted by Gasteiger charge is 2.07. The molecule has 1 aromatic heterocycles. The van der Waals surface area contributed by atoms with Gasteiger partial charge < -0.3 is 10.1 Å². The molecule has 0 saturated heterocycles. The lowest BCUT2D eigenvalue weighted by molar-refractivity contribution is -0.118. The number of benzene rings is 1. The number of aromatic nitrogens is 2. The van der Waals surface area contributed by atoms with Crippen LogP contribution in [0.25, 0.3) is 0 Å². The molecule has 21 heavy (non-hydrogen) atoms. The fourth-order valence-corrected chi connectivity index (χ4v) is 1.98. The highest BCUT2D eigenvalue weighted by atomic mass is 35.5. The van der Waals surface area contributed by atoms with Gasteiger partial charge >= 0.3 is 0 Å². The maximum atomic E-state index is 11.8. The van der Waals surface area contributed by atoms with Crippen LogP contribution in [0, 0.1) is 6.92 Å². The monoisotopic (exact) mass is 307 g/mol. The number of halogens is 1. The number of nitrogens with zero attached hydrogens (tertiary/aromatic N) is 1. The van der Waals surface area contributed by atoms with Gasteiger partial charge in [-0.1, -0.05) is 24.9 Å². The Morgan fingerprint density at radius 2 is 2.24 bits per heavy atom. The third-order valence-corrected chi connectivity index (χ3v) is 3.34. The van der Waals surface area contributed by atoms with Crippen molar-refractivity contribution in [2.24, 2.45) is 0 Å². The summed E-state index contributed by atoms with van der Waals surface area (Å²) in [6.45, 7) is 3.90. The highest BCUT2D eigenvalue weighted by molar-refractivity contribution is 6.31. The van der Waals surface area contributed by atoms with Crippen LogP contribution in [0.5, 0.6) is 5.75 Å². The Balaban J connectivity index is 1.85. The Morgan fingerprint density at radius 1 is 1.43 bits per heavy atom. The SMILES string of the molecule is CCCc1cc(NC(=O)COc2ccc(Cl)c(C)c2)n[nH]1. The zero-order chi connectivity index (χ0) is 15.2. The summed E-state index contributed by atoms with van der Waals surface area (Å²) in [5, 5.41) is 10.3. The minimum absolute atomic E-state index is 0.0724. The first-order valence-electron chi connectivity index (χ1n) is 6.81. The Hall–Kier alpha value is -2.01. The molecule has 0 aliphatic rings. The molecule has 2 aromatic rings. The molecule has 0 aliphatic heterocycles. The van der Waals surface area contributed by atoms with E-state index in [-0.39, 0.29) is 12.5 Å². The second kappa shape index (κ2) is 7.13. The molecular formula is C15H18ClN3O2. The van der Waals surface area contributed by atoms with Gasteiger partial charge in [0.1, 0.15) is 5.75 Å². The van der Waals surface area contributed by atoms with Gasteiger partial charge in [-0.05, 0) is 37.1 Å². The summed E-state index contributed by atoms with van der Waals surface area (Å²) in [6.07, 6.45) is 1.93. The normalized spacial score (nSPS) is 10.4. The van der Waals surface area contributed by atoms with Gasteiger partial charge in [-0.15, -0.1) is 0 Å². The van der Waals surface area contributed by atoms with Gasteiger partial charge in [0.25, 0.3) is 5.91 Å². The van der Waals surface area contributed by atoms with E-state index in [1.807, 2.05) is 13.0 Å². The molecule has 2 rings (SSSR count). The summed E-state index contributed by atoms with van der Waals surface area (Å²) in [4.78, 5) is 11.8. The lowest BCUT2D eigenvalue weighted by Crippen LogP contribution is -2.20. The van der Waals surface area contributed by atoms with Gasteiger partial charge in [0, 0.05) is 16.8 Å². The third-order valence-electron chi connectivity index (χ3n) is 2.92. The van der Waals surface area contributed by atoms with Crippen molar-refractivity contribution in [3.63, 3.8) is 0 Å². The number of hydrogen-bond acceptors (Lipinski definition) is 3. The Labute approximate surface area is 128 Å². The molecule has 0 aliphatic carbocycles. The van der Waals surface area contributed by atoms with Gasteiger partial charge in [0.05, 0.1) is 0 Å². The second-order valence-electron chi connectivity index (χ2n) is 4.78. The molecule has 112 valence electrons. The number of aromatic amines is 1. The van der Waals surface area contributed by atoms with E-state index in [9.17, 15) is 4.79 Å². The van der Waals surface area contributed by atoms with E-state index < -0.39 is 0 Å². The number of carbonyl (C=O) groups excluding carboxylic acids is 1. The van der Waals surface area contributed by atoms with Crippen molar-refractivity contribution in [1.82, 2.24) is 10.2 Å². The predicted octanol–water partition coefficient (Wildman–Crippen LogP) is 3.34. The van der Waals surface area contributed by atoms with Gasteiger partial charge in [-0.25, -0.2) is 0 Å². The van der Waals surface area contributed by atoms with Crippen LogP contribution in [-0.2, 0) is 11.2 Å². The zero-order valence-corrected chi connectivity index (χ0v) is 12.8. The van der Waals surface area contributed by atoms with Crippen LogP contribution in [0.4, 0.5) is 5.82 Å². The fraction of sp³-hybridized carbons (Fsp3) is 0.333. The van der Waals surface area contributed by atoms with Crippen molar-refractivity contribution in [2.75, 3.05) is 11.9 Å². The number of aryl methyl sites for hydroxylation is 2. The van der Waals surface area contributed by atoms with Gasteiger partial charge in [0.15, 0.2) is 12.4 Å². The molecule has 1 aromatic carbocycles. The number of hydrogen-bond donors (Lipinski definition) is 2. The number of nitrogens with one attached hydrogen (secondary N) is 2. The molecule has 0 unspecified atom stereocenters. The maximum absolute atomic E-state index is 11.8. The lowest BCUT2D eigenvalue weighted by atomic mass is 10.2. The molecule has 0 atom stereocenters. The van der Waals surface area contributed by atoms with E-state index in [0.29, 0.717) is 16.6 Å². The Morgan fingerprint density at radius 3 is 2.95 bits per heavy atom. The average Bonchev–Trinajstić information content (AvgIpc) is 2.88. The van der Waals surface area contributed by atoms with Crippen molar-refractivity contribution in [1.29, 1.82) is 0 Å². The molecule has 1 amide bonds. The first-order chi connectivity index (χ1) is 10.1. The van der Waals surface area contributed by atoms with E-state index in [0.717, 1.165) is 24.1 Å². The van der Waals surface area contributed by atoms with Crippen LogP contribution in [-0.4, -0.2) is 22.7 Å². The summed E-state index contributed by atoms with van der Waals surface area (Å²) >= 11 is 5.93. The molecular weight excluding hydrogens is 290 g/mol. The first-order valence-corrected chi connectivity index (χ1v) is 7.19. The fourth-order valence-electron chi connectivity index (χ4n) is 1.86. The van der Waals surface area contributed by atoms with Crippen LogP contribution in [0.1, 0.15) is 24.6 Å². The van der Waals surface area contributed by atoms with E-state index >= 15 is 0 Å². The maximum Gasteiger partial charge on any atom is 0.263 e. The molecule has 0 bridgehead atoms. The molecule has 2 N–H and O–H groups in total. The van der Waals surface area contributed by atoms with Gasteiger partial charge in [-0.3, -0.25) is 9.89 Å². The molecule has 5 nitrogen and oxygen atoms in total. The summed E-state index contributed by atoms with van der Waals surface area (Å²) in [5.41, 5.74) is 1.91. The number of ether oxygens (including phenoxy) is 1. The summed E-state index contributed by atoms with van der Waals surface area (Å²) < 4.78 is 5.42. The molecule has 0 spiro atoms. The van der Waals surface area contributed by atoms with E-state index in [4.69, 9.17) is 16.3 Å². The van der Waals surface area contributed by atoms with Crippen LogP contribution >= 0.6 is 11.6 Å². The number of carbonyl (C=O) groups is 1. The predicted molar refractivity (Wildman–Crippen MR) is 82.9 cm³/mol. The highest BCUT2D eigenvalue weighted by Crippen LogP contribution is 2.20. The van der Waals surface area contributed by atoms with Crippen LogP contribution in [0.3, 0.4) is 0 Å². The van der Waals surface area contributed by atoms with Gasteiger partial charge in [0.2, 0.25) is 0 Å². The molecule has 0 radical (unpaired) electrons. The lowest BCUT2D eigenvalue weighted by Gasteiger charge is -2.07. The minimum atomic E-state index is -0.253. The average molecular weight is 308 g/mol. The first kappa shape index (κ1) is 15.4. The number of amides is 1. The number of H-pyrrole nitrogens is 1. The summed E-state index contributed by atoms with van der Waals surface area (Å²) in [6, 6.07) is 7.10. The smallest absolute Gasteiger partial charge is 0.263 e. The molecule has 0 saturated carbocycles. The second-order valence-corrected chi connectivity index (χ2v) is 5.18. The minimum Gasteiger partial charge on any atom is -0.484 e.